The third kappa shape index (κ3) is 2.24. The second-order valence-electron chi connectivity index (χ2n) is 5.56. The third-order valence-corrected chi connectivity index (χ3v) is 4.95. The van der Waals surface area contributed by atoms with Crippen LogP contribution in [0.4, 0.5) is 0 Å². The van der Waals surface area contributed by atoms with Gasteiger partial charge in [-0.3, -0.25) is 9.59 Å². The molecule has 5 heteroatoms. The smallest absolute Gasteiger partial charge is 0.259 e. The second-order valence-corrected chi connectivity index (χ2v) is 6.86. The van der Waals surface area contributed by atoms with Gasteiger partial charge in [-0.1, -0.05) is 15.9 Å². The highest BCUT2D eigenvalue weighted by molar-refractivity contribution is 9.09. The van der Waals surface area contributed by atoms with E-state index in [1.54, 1.807) is 6.20 Å². The molecule has 2 aliphatic rings. The number of carbonyl (C=O) groups excluding carboxylic acids is 1. The van der Waals surface area contributed by atoms with Crippen molar-refractivity contribution in [2.24, 2.45) is 0 Å². The molecule has 1 aromatic rings. The number of H-pyrrole nitrogens is 1. The summed E-state index contributed by atoms with van der Waals surface area (Å²) in [5.74, 6) is -0.104. The summed E-state index contributed by atoms with van der Waals surface area (Å²) < 4.78 is 0. The molecule has 0 saturated carbocycles. The molecule has 2 fully saturated rings. The van der Waals surface area contributed by atoms with E-state index in [-0.39, 0.29) is 29.0 Å². The summed E-state index contributed by atoms with van der Waals surface area (Å²) in [6.45, 7) is 1.82. The fraction of sp³-hybridized carbons (Fsp3) is 0.571. The fourth-order valence-electron chi connectivity index (χ4n) is 3.32. The van der Waals surface area contributed by atoms with E-state index in [0.29, 0.717) is 4.83 Å². The Hall–Kier alpha value is -1.10. The van der Waals surface area contributed by atoms with Gasteiger partial charge in [0.15, 0.2) is 5.43 Å². The van der Waals surface area contributed by atoms with Gasteiger partial charge in [-0.2, -0.15) is 0 Å². The van der Waals surface area contributed by atoms with E-state index in [4.69, 9.17) is 0 Å². The van der Waals surface area contributed by atoms with Crippen LogP contribution in [0.3, 0.4) is 0 Å². The third-order valence-electron chi connectivity index (χ3n) is 4.20. The summed E-state index contributed by atoms with van der Waals surface area (Å²) in [5.41, 5.74) is 0.876. The molecule has 0 aromatic carbocycles. The average molecular weight is 325 g/mol. The molecule has 102 valence electrons. The van der Waals surface area contributed by atoms with Crippen LogP contribution in [0.5, 0.6) is 0 Å². The first-order valence-electron chi connectivity index (χ1n) is 6.72. The van der Waals surface area contributed by atoms with E-state index in [2.05, 4.69) is 20.9 Å². The van der Waals surface area contributed by atoms with E-state index in [1.165, 1.54) is 6.07 Å². The zero-order valence-corrected chi connectivity index (χ0v) is 12.4. The minimum absolute atomic E-state index is 0.104. The molecule has 3 rings (SSSR count). The molecule has 3 heterocycles. The predicted octanol–water partition coefficient (Wildman–Crippen LogP) is 2.21. The Bertz CT molecular complexity index is 555. The summed E-state index contributed by atoms with van der Waals surface area (Å²) in [7, 11) is 0. The number of hydrogen-bond donors (Lipinski definition) is 1. The van der Waals surface area contributed by atoms with Gasteiger partial charge in [0, 0.05) is 34.9 Å². The van der Waals surface area contributed by atoms with E-state index in [1.807, 2.05) is 11.8 Å². The van der Waals surface area contributed by atoms with Crippen LogP contribution in [0, 0.1) is 6.92 Å². The number of carbonyl (C=O) groups is 1. The van der Waals surface area contributed by atoms with Crippen LogP contribution in [0.1, 0.15) is 41.7 Å². The molecule has 2 saturated heterocycles. The first-order valence-corrected chi connectivity index (χ1v) is 7.64. The van der Waals surface area contributed by atoms with Crippen molar-refractivity contribution in [3.63, 3.8) is 0 Å². The van der Waals surface area contributed by atoms with Crippen LogP contribution < -0.4 is 5.43 Å². The molecule has 2 unspecified atom stereocenters. The number of nitrogens with zero attached hydrogens (tertiary/aromatic N) is 1. The van der Waals surface area contributed by atoms with Gasteiger partial charge in [-0.15, -0.1) is 0 Å². The monoisotopic (exact) mass is 324 g/mol. The van der Waals surface area contributed by atoms with Gasteiger partial charge >= 0.3 is 0 Å². The van der Waals surface area contributed by atoms with Crippen LogP contribution in [-0.2, 0) is 0 Å². The number of piperidine rings is 1. The summed E-state index contributed by atoms with van der Waals surface area (Å²) in [6.07, 6.45) is 5.65. The number of aromatic nitrogens is 1. The van der Waals surface area contributed by atoms with E-state index in [0.717, 1.165) is 31.4 Å². The number of nitrogens with one attached hydrogen (secondary N) is 1. The van der Waals surface area contributed by atoms with Crippen molar-refractivity contribution in [2.45, 2.75) is 49.5 Å². The van der Waals surface area contributed by atoms with Gasteiger partial charge in [0.1, 0.15) is 5.56 Å². The fourth-order valence-corrected chi connectivity index (χ4v) is 4.18. The molecule has 2 atom stereocenters. The van der Waals surface area contributed by atoms with Gasteiger partial charge in [-0.05, 0) is 32.6 Å². The van der Waals surface area contributed by atoms with Crippen molar-refractivity contribution < 1.29 is 4.79 Å². The first-order chi connectivity index (χ1) is 9.06. The highest BCUT2D eigenvalue weighted by Gasteiger charge is 2.43. The van der Waals surface area contributed by atoms with Crippen LogP contribution in [0.15, 0.2) is 17.1 Å². The molecule has 0 spiro atoms. The Kier molecular flexibility index (Phi) is 3.25. The van der Waals surface area contributed by atoms with Crippen molar-refractivity contribution >= 4 is 21.8 Å². The molecule has 4 nitrogen and oxygen atoms in total. The quantitative estimate of drug-likeness (QED) is 0.805. The SMILES string of the molecule is Cc1cc(=O)c(C(=O)N2C3CCC2CC(Br)C3)c[nH]1. The summed E-state index contributed by atoms with van der Waals surface area (Å²) >= 11 is 3.66. The number of alkyl halides is 1. The maximum atomic E-state index is 12.6. The molecule has 2 bridgehead atoms. The molecule has 1 N–H and O–H groups in total. The standard InChI is InChI=1S/C14H17BrN2O2/c1-8-4-13(18)12(7-16-8)14(19)17-10-2-3-11(17)6-9(15)5-10/h4,7,9-11H,2-3,5-6H2,1H3,(H,16,18). The normalized spacial score (nSPS) is 29.6. The van der Waals surface area contributed by atoms with Gasteiger partial charge < -0.3 is 9.88 Å². The maximum Gasteiger partial charge on any atom is 0.259 e. The summed E-state index contributed by atoms with van der Waals surface area (Å²) in [4.78, 5) is 29.9. The van der Waals surface area contributed by atoms with Gasteiger partial charge in [0.05, 0.1) is 0 Å². The molecule has 1 aromatic heterocycles. The lowest BCUT2D eigenvalue weighted by Crippen LogP contribution is -2.48. The lowest BCUT2D eigenvalue weighted by atomic mass is 10.0. The van der Waals surface area contributed by atoms with Crippen molar-refractivity contribution in [3.05, 3.63) is 33.7 Å². The van der Waals surface area contributed by atoms with E-state index < -0.39 is 0 Å². The van der Waals surface area contributed by atoms with Crippen molar-refractivity contribution in [2.75, 3.05) is 0 Å². The molecule has 0 radical (unpaired) electrons. The van der Waals surface area contributed by atoms with Gasteiger partial charge in [-0.25, -0.2) is 0 Å². The number of aryl methyl sites for hydroxylation is 1. The van der Waals surface area contributed by atoms with Crippen LogP contribution in [0.2, 0.25) is 0 Å². The summed E-state index contributed by atoms with van der Waals surface area (Å²) in [6, 6.07) is 2.07. The highest BCUT2D eigenvalue weighted by atomic mass is 79.9. The zero-order chi connectivity index (χ0) is 13.6. The number of hydrogen-bond acceptors (Lipinski definition) is 2. The Morgan fingerprint density at radius 1 is 1.37 bits per heavy atom. The second kappa shape index (κ2) is 4.78. The minimum Gasteiger partial charge on any atom is -0.364 e. The lowest BCUT2D eigenvalue weighted by Gasteiger charge is -2.37. The van der Waals surface area contributed by atoms with Crippen LogP contribution in [-0.4, -0.2) is 32.7 Å². The highest BCUT2D eigenvalue weighted by Crippen LogP contribution is 2.38. The van der Waals surface area contributed by atoms with E-state index in [9.17, 15) is 9.59 Å². The first kappa shape index (κ1) is 12.9. The molecule has 0 aliphatic carbocycles. The lowest BCUT2D eigenvalue weighted by molar-refractivity contribution is 0.0602. The van der Waals surface area contributed by atoms with Crippen LogP contribution >= 0.6 is 15.9 Å². The Morgan fingerprint density at radius 2 is 2.00 bits per heavy atom. The van der Waals surface area contributed by atoms with Crippen LogP contribution in [0.25, 0.3) is 0 Å². The molecule has 1 amide bonds. The predicted molar refractivity (Wildman–Crippen MR) is 76.7 cm³/mol. The Balaban J connectivity index is 1.91. The molecule has 19 heavy (non-hydrogen) atoms. The van der Waals surface area contributed by atoms with Gasteiger partial charge in [0.25, 0.3) is 5.91 Å². The van der Waals surface area contributed by atoms with E-state index >= 15 is 0 Å². The Labute approximate surface area is 120 Å². The maximum absolute atomic E-state index is 12.6. The zero-order valence-electron chi connectivity index (χ0n) is 10.9. The largest absolute Gasteiger partial charge is 0.364 e. The number of aromatic amines is 1. The molecular formula is C14H17BrN2O2. The number of pyridine rings is 1. The average Bonchev–Trinajstić information content (AvgIpc) is 2.61. The topological polar surface area (TPSA) is 53.2 Å². The minimum atomic E-state index is -0.179. The Morgan fingerprint density at radius 3 is 2.58 bits per heavy atom. The summed E-state index contributed by atoms with van der Waals surface area (Å²) in [5, 5.41) is 0. The number of fused-ring (bicyclic) bond motifs is 2. The van der Waals surface area contributed by atoms with Crippen molar-refractivity contribution in [3.8, 4) is 0 Å². The molecule has 2 aliphatic heterocycles. The number of halogens is 1. The van der Waals surface area contributed by atoms with Gasteiger partial charge in [0.2, 0.25) is 0 Å². The van der Waals surface area contributed by atoms with Crippen molar-refractivity contribution in [1.82, 2.24) is 9.88 Å². The number of amides is 1. The molecular weight excluding hydrogens is 308 g/mol. The van der Waals surface area contributed by atoms with Crippen molar-refractivity contribution in [1.29, 1.82) is 0 Å². The number of rotatable bonds is 1.